The van der Waals surface area contributed by atoms with Crippen LogP contribution in [0.25, 0.3) is 22.0 Å². The van der Waals surface area contributed by atoms with Crippen LogP contribution in [-0.2, 0) is 22.6 Å². The van der Waals surface area contributed by atoms with Gasteiger partial charge in [-0.25, -0.2) is 4.98 Å². The molecule has 12 nitrogen and oxygen atoms in total. The highest BCUT2D eigenvalue weighted by Gasteiger charge is 2.29. The average Bonchev–Trinajstić information content (AvgIpc) is 3.34. The van der Waals surface area contributed by atoms with Gasteiger partial charge in [-0.15, -0.1) is 0 Å². The van der Waals surface area contributed by atoms with Gasteiger partial charge in [0.15, 0.2) is 11.5 Å². The summed E-state index contributed by atoms with van der Waals surface area (Å²) in [6, 6.07) is 14.0. The maximum absolute atomic E-state index is 13.5. The Morgan fingerprint density at radius 1 is 0.939 bits per heavy atom. The summed E-state index contributed by atoms with van der Waals surface area (Å²) >= 11 is 0. The monoisotopic (exact) mass is 669 g/mol. The number of para-hydroxylation sites is 1. The van der Waals surface area contributed by atoms with Gasteiger partial charge in [-0.1, -0.05) is 24.6 Å². The number of methoxy groups -OCH3 is 3. The van der Waals surface area contributed by atoms with Crippen LogP contribution in [-0.4, -0.2) is 55.8 Å². The standard InChI is InChI=1S/C37H43N5O7/c1-23(43)41-29-15-13-24-20-32(47-2)35(48-3)36(49-4)34(24)25-14-16-30(31(44)21-27(25)29)38-17-9-5-6-12-33(45)39-18-19-42-22-40-28-11-8-7-10-26(28)37(42)46/h7-8,10-11,14,16,20-22,29H,5-6,9,12-13,15,17-19H2,1-4H3,(H,38,44)(H,39,45)(H,41,43). The van der Waals surface area contributed by atoms with E-state index in [1.54, 1.807) is 51.7 Å². The van der Waals surface area contributed by atoms with Crippen molar-refractivity contribution in [2.45, 2.75) is 58.0 Å². The van der Waals surface area contributed by atoms with Gasteiger partial charge >= 0.3 is 0 Å². The Bertz CT molecular complexity index is 1960. The number of aromatic nitrogens is 2. The molecule has 1 unspecified atom stereocenters. The maximum atomic E-state index is 13.5. The van der Waals surface area contributed by atoms with E-state index in [1.165, 1.54) is 17.8 Å². The van der Waals surface area contributed by atoms with Crippen LogP contribution in [0.4, 0.5) is 5.69 Å². The number of nitrogens with zero attached hydrogens (tertiary/aromatic N) is 2. The number of nitrogens with one attached hydrogen (secondary N) is 3. The summed E-state index contributed by atoms with van der Waals surface area (Å²) in [5.41, 5.74) is 3.98. The molecular formula is C37H43N5O7. The molecule has 49 heavy (non-hydrogen) atoms. The first-order chi connectivity index (χ1) is 23.7. The minimum atomic E-state index is -0.383. The fourth-order valence-corrected chi connectivity index (χ4v) is 6.33. The third kappa shape index (κ3) is 8.02. The Morgan fingerprint density at radius 2 is 1.73 bits per heavy atom. The van der Waals surface area contributed by atoms with E-state index in [-0.39, 0.29) is 28.8 Å². The Labute approximate surface area is 284 Å². The van der Waals surface area contributed by atoms with E-state index < -0.39 is 0 Å². The number of carbonyl (C=O) groups is 2. The van der Waals surface area contributed by atoms with E-state index in [2.05, 4.69) is 20.9 Å². The number of rotatable bonds is 14. The van der Waals surface area contributed by atoms with E-state index in [9.17, 15) is 19.2 Å². The molecule has 0 fully saturated rings. The third-order valence-electron chi connectivity index (χ3n) is 8.72. The minimum absolute atomic E-state index is 0.0770. The van der Waals surface area contributed by atoms with Gasteiger partial charge in [0.1, 0.15) is 0 Å². The lowest BCUT2D eigenvalue weighted by Crippen LogP contribution is -2.30. The van der Waals surface area contributed by atoms with Gasteiger partial charge in [0.05, 0.1) is 50.3 Å². The molecule has 4 aromatic rings. The lowest BCUT2D eigenvalue weighted by molar-refractivity contribution is -0.121. The highest BCUT2D eigenvalue weighted by Crippen LogP contribution is 2.50. The van der Waals surface area contributed by atoms with Gasteiger partial charge < -0.3 is 30.2 Å². The fraction of sp³-hybridized carbons (Fsp3) is 0.378. The third-order valence-corrected chi connectivity index (χ3v) is 8.72. The van der Waals surface area contributed by atoms with Gasteiger partial charge in [-0.2, -0.15) is 0 Å². The molecule has 0 saturated heterocycles. The Morgan fingerprint density at radius 3 is 2.49 bits per heavy atom. The number of hydrogen-bond donors (Lipinski definition) is 3. The summed E-state index contributed by atoms with van der Waals surface area (Å²) in [7, 11) is 4.69. The van der Waals surface area contributed by atoms with Gasteiger partial charge in [0, 0.05) is 38.5 Å². The molecule has 1 aromatic heterocycles. The molecule has 0 saturated carbocycles. The second kappa shape index (κ2) is 16.1. The number of aryl methyl sites for hydroxylation is 1. The summed E-state index contributed by atoms with van der Waals surface area (Å²) in [5.74, 6) is 1.22. The number of hydrogen-bond acceptors (Lipinski definition) is 9. The molecule has 1 heterocycles. The molecule has 0 aliphatic heterocycles. The number of amides is 2. The zero-order chi connectivity index (χ0) is 34.9. The predicted molar refractivity (Wildman–Crippen MR) is 189 cm³/mol. The van der Waals surface area contributed by atoms with Crippen molar-refractivity contribution < 1.29 is 23.8 Å². The van der Waals surface area contributed by atoms with Gasteiger partial charge in [0.2, 0.25) is 23.0 Å². The van der Waals surface area contributed by atoms with Crippen molar-refractivity contribution in [2.24, 2.45) is 0 Å². The van der Waals surface area contributed by atoms with Crippen LogP contribution in [0.15, 0.2) is 64.4 Å². The van der Waals surface area contributed by atoms with Crippen molar-refractivity contribution in [3.05, 3.63) is 86.6 Å². The molecule has 5 rings (SSSR count). The van der Waals surface area contributed by atoms with E-state index in [1.807, 2.05) is 18.2 Å². The molecule has 0 bridgehead atoms. The zero-order valence-corrected chi connectivity index (χ0v) is 28.4. The molecule has 0 spiro atoms. The molecule has 3 aromatic carbocycles. The van der Waals surface area contributed by atoms with Crippen LogP contribution in [0.5, 0.6) is 17.2 Å². The van der Waals surface area contributed by atoms with Crippen LogP contribution in [0.3, 0.4) is 0 Å². The maximum Gasteiger partial charge on any atom is 0.261 e. The van der Waals surface area contributed by atoms with Crippen molar-refractivity contribution in [2.75, 3.05) is 39.7 Å². The quantitative estimate of drug-likeness (QED) is 0.167. The topological polar surface area (TPSA) is 150 Å². The summed E-state index contributed by atoms with van der Waals surface area (Å²) in [6.45, 7) is 2.69. The number of carbonyl (C=O) groups excluding carboxylic acids is 2. The number of benzene rings is 2. The first kappa shape index (κ1) is 34.9. The number of fused-ring (bicyclic) bond motifs is 4. The van der Waals surface area contributed by atoms with Crippen LogP contribution in [0.1, 0.15) is 56.2 Å². The molecule has 2 amide bonds. The summed E-state index contributed by atoms with van der Waals surface area (Å²) in [6.07, 6.45) is 5.30. The minimum Gasteiger partial charge on any atom is -0.493 e. The highest BCUT2D eigenvalue weighted by molar-refractivity contribution is 5.84. The first-order valence-electron chi connectivity index (χ1n) is 16.5. The second-order valence-corrected chi connectivity index (χ2v) is 11.9. The molecule has 1 atom stereocenters. The smallest absolute Gasteiger partial charge is 0.261 e. The molecule has 0 radical (unpaired) electrons. The van der Waals surface area contributed by atoms with Crippen molar-refractivity contribution >= 4 is 28.4 Å². The summed E-state index contributed by atoms with van der Waals surface area (Å²) in [4.78, 5) is 55.0. The van der Waals surface area contributed by atoms with Crippen molar-refractivity contribution in [3.8, 4) is 28.4 Å². The van der Waals surface area contributed by atoms with Crippen molar-refractivity contribution in [1.29, 1.82) is 0 Å². The van der Waals surface area contributed by atoms with Crippen molar-refractivity contribution in [1.82, 2.24) is 20.2 Å². The second-order valence-electron chi connectivity index (χ2n) is 11.9. The Balaban J connectivity index is 1.20. The molecule has 3 N–H and O–H groups in total. The van der Waals surface area contributed by atoms with Crippen molar-refractivity contribution in [3.63, 3.8) is 0 Å². The molecule has 1 aliphatic carbocycles. The van der Waals surface area contributed by atoms with Crippen LogP contribution in [0.2, 0.25) is 0 Å². The lowest BCUT2D eigenvalue weighted by atomic mass is 9.95. The van der Waals surface area contributed by atoms with Gasteiger partial charge in [-0.3, -0.25) is 23.7 Å². The van der Waals surface area contributed by atoms with Gasteiger partial charge in [-0.05, 0) is 72.7 Å². The van der Waals surface area contributed by atoms with E-state index in [4.69, 9.17) is 14.2 Å². The number of ether oxygens (including phenoxy) is 3. The van der Waals surface area contributed by atoms with E-state index in [0.29, 0.717) is 84.7 Å². The highest BCUT2D eigenvalue weighted by atomic mass is 16.5. The zero-order valence-electron chi connectivity index (χ0n) is 28.4. The Hall–Kier alpha value is -5.39. The summed E-state index contributed by atoms with van der Waals surface area (Å²) in [5, 5.41) is 9.71. The average molecular weight is 670 g/mol. The Kier molecular flexibility index (Phi) is 11.5. The number of unbranched alkanes of at least 4 members (excludes halogenated alkanes) is 2. The van der Waals surface area contributed by atoms with Crippen LogP contribution < -0.4 is 41.1 Å². The molecule has 12 heteroatoms. The molecule has 258 valence electrons. The largest absolute Gasteiger partial charge is 0.493 e. The normalized spacial score (nSPS) is 13.4. The van der Waals surface area contributed by atoms with E-state index >= 15 is 0 Å². The van der Waals surface area contributed by atoms with Gasteiger partial charge in [0.25, 0.3) is 5.56 Å². The molecule has 1 aliphatic rings. The van der Waals surface area contributed by atoms with Crippen LogP contribution >= 0.6 is 0 Å². The number of anilines is 1. The van der Waals surface area contributed by atoms with Crippen LogP contribution in [0, 0.1) is 0 Å². The SMILES string of the molecule is COc1cc2c(c(OC)c1OC)-c1ccc(NCCCCCC(=O)NCCn3cnc4ccccc4c3=O)c(=O)cc1C(NC(C)=O)CC2. The predicted octanol–water partition coefficient (Wildman–Crippen LogP) is 4.36. The molecular weight excluding hydrogens is 626 g/mol. The van der Waals surface area contributed by atoms with E-state index in [0.717, 1.165) is 29.5 Å². The summed E-state index contributed by atoms with van der Waals surface area (Å²) < 4.78 is 18.6. The first-order valence-corrected chi connectivity index (χ1v) is 16.5. The lowest BCUT2D eigenvalue weighted by Gasteiger charge is -2.19. The fourth-order valence-electron chi connectivity index (χ4n) is 6.33.